The molecule has 0 aromatic carbocycles. The fraction of sp³-hybridized carbons (Fsp3) is 1.00. The monoisotopic (exact) mass is 119 g/mol. The minimum atomic E-state index is -1.40. The van der Waals surface area contributed by atoms with Crippen LogP contribution in [-0.4, -0.2) is 22.0 Å². The van der Waals surface area contributed by atoms with E-state index in [1.54, 1.807) is 6.92 Å². The summed E-state index contributed by atoms with van der Waals surface area (Å²) in [6.07, 6.45) is -0.488. The average molecular weight is 119 g/mol. The van der Waals surface area contributed by atoms with Crippen LogP contribution in [0.3, 0.4) is 0 Å². The van der Waals surface area contributed by atoms with Crippen molar-refractivity contribution in [2.75, 3.05) is 0 Å². The molecule has 0 saturated carbocycles. The van der Waals surface area contributed by atoms with Gasteiger partial charge in [-0.15, -0.1) is 0 Å². The van der Waals surface area contributed by atoms with E-state index in [1.165, 1.54) is 6.92 Å². The standard InChI is InChI=1S/C5H13NO2/c1-3-5(6,8)4(2)7/h4,7-8H,3,6H2,1-2H3. The van der Waals surface area contributed by atoms with Gasteiger partial charge in [-0.25, -0.2) is 0 Å². The highest BCUT2D eigenvalue weighted by molar-refractivity contribution is 4.73. The Morgan fingerprint density at radius 2 is 2.12 bits per heavy atom. The number of nitrogens with two attached hydrogens (primary N) is 1. The topological polar surface area (TPSA) is 66.5 Å². The lowest BCUT2D eigenvalue weighted by Gasteiger charge is -2.23. The summed E-state index contributed by atoms with van der Waals surface area (Å²) in [5, 5.41) is 17.6. The molecule has 0 heterocycles. The van der Waals surface area contributed by atoms with Crippen LogP contribution in [0.25, 0.3) is 0 Å². The molecule has 3 heteroatoms. The van der Waals surface area contributed by atoms with Crippen LogP contribution < -0.4 is 5.73 Å². The summed E-state index contributed by atoms with van der Waals surface area (Å²) in [7, 11) is 0. The number of rotatable bonds is 2. The van der Waals surface area contributed by atoms with Gasteiger partial charge in [0.05, 0.1) is 6.10 Å². The smallest absolute Gasteiger partial charge is 0.139 e. The molecule has 3 nitrogen and oxygen atoms in total. The van der Waals surface area contributed by atoms with E-state index in [9.17, 15) is 0 Å². The zero-order chi connectivity index (χ0) is 6.78. The summed E-state index contributed by atoms with van der Waals surface area (Å²) >= 11 is 0. The zero-order valence-electron chi connectivity index (χ0n) is 5.26. The van der Waals surface area contributed by atoms with E-state index in [4.69, 9.17) is 15.9 Å². The van der Waals surface area contributed by atoms with Crippen LogP contribution in [0, 0.1) is 0 Å². The lowest BCUT2D eigenvalue weighted by atomic mass is 10.1. The highest BCUT2D eigenvalue weighted by Crippen LogP contribution is 2.05. The molecule has 50 valence electrons. The first kappa shape index (κ1) is 7.88. The van der Waals surface area contributed by atoms with Gasteiger partial charge < -0.3 is 15.9 Å². The van der Waals surface area contributed by atoms with Gasteiger partial charge in [0.2, 0.25) is 0 Å². The minimum Gasteiger partial charge on any atom is -0.389 e. The molecule has 8 heavy (non-hydrogen) atoms. The normalized spacial score (nSPS) is 22.1. The van der Waals surface area contributed by atoms with Gasteiger partial charge in [0.15, 0.2) is 0 Å². The zero-order valence-corrected chi connectivity index (χ0v) is 5.26. The summed E-state index contributed by atoms with van der Waals surface area (Å²) in [6, 6.07) is 0. The quantitative estimate of drug-likeness (QED) is 0.426. The molecule has 0 radical (unpaired) electrons. The van der Waals surface area contributed by atoms with Crippen molar-refractivity contribution in [3.8, 4) is 0 Å². The van der Waals surface area contributed by atoms with Gasteiger partial charge in [-0.05, 0) is 13.3 Å². The van der Waals surface area contributed by atoms with Crippen LogP contribution in [0.2, 0.25) is 0 Å². The van der Waals surface area contributed by atoms with Crippen LogP contribution in [0.4, 0.5) is 0 Å². The Morgan fingerprint density at radius 3 is 2.12 bits per heavy atom. The molecule has 0 aliphatic carbocycles. The predicted molar refractivity (Wildman–Crippen MR) is 31.1 cm³/mol. The fourth-order valence-corrected chi connectivity index (χ4v) is 0.295. The van der Waals surface area contributed by atoms with Crippen molar-refractivity contribution in [3.63, 3.8) is 0 Å². The third kappa shape index (κ3) is 1.78. The van der Waals surface area contributed by atoms with E-state index in [1.807, 2.05) is 0 Å². The maximum Gasteiger partial charge on any atom is 0.139 e. The van der Waals surface area contributed by atoms with Crippen LogP contribution >= 0.6 is 0 Å². The number of aliphatic hydroxyl groups is 2. The molecule has 0 amide bonds. The first-order chi connectivity index (χ1) is 3.50. The Bertz CT molecular complexity index is 70.8. The maximum atomic E-state index is 8.93. The second-order valence-electron chi connectivity index (χ2n) is 2.02. The van der Waals surface area contributed by atoms with Crippen molar-refractivity contribution in [1.82, 2.24) is 0 Å². The van der Waals surface area contributed by atoms with Crippen LogP contribution in [0.1, 0.15) is 20.3 Å². The first-order valence-electron chi connectivity index (χ1n) is 2.70. The van der Waals surface area contributed by atoms with Gasteiger partial charge >= 0.3 is 0 Å². The van der Waals surface area contributed by atoms with Gasteiger partial charge in [0.25, 0.3) is 0 Å². The van der Waals surface area contributed by atoms with Gasteiger partial charge in [-0.2, -0.15) is 0 Å². The van der Waals surface area contributed by atoms with Crippen molar-refractivity contribution in [2.45, 2.75) is 32.1 Å². The Kier molecular flexibility index (Phi) is 2.40. The summed E-state index contributed by atoms with van der Waals surface area (Å²) in [4.78, 5) is 0. The molecular weight excluding hydrogens is 106 g/mol. The largest absolute Gasteiger partial charge is 0.389 e. The molecule has 2 unspecified atom stereocenters. The van der Waals surface area contributed by atoms with Gasteiger partial charge in [0, 0.05) is 0 Å². The Balaban J connectivity index is 3.71. The van der Waals surface area contributed by atoms with E-state index < -0.39 is 11.8 Å². The van der Waals surface area contributed by atoms with Crippen molar-refractivity contribution in [2.24, 2.45) is 5.73 Å². The molecule has 2 atom stereocenters. The number of aliphatic hydroxyl groups excluding tert-OH is 1. The number of hydrogen-bond donors (Lipinski definition) is 3. The van der Waals surface area contributed by atoms with Crippen molar-refractivity contribution in [1.29, 1.82) is 0 Å². The first-order valence-corrected chi connectivity index (χ1v) is 2.70. The lowest BCUT2D eigenvalue weighted by Crippen LogP contribution is -2.48. The molecule has 0 aromatic rings. The molecule has 0 aliphatic rings. The van der Waals surface area contributed by atoms with E-state index in [2.05, 4.69) is 0 Å². The van der Waals surface area contributed by atoms with E-state index >= 15 is 0 Å². The van der Waals surface area contributed by atoms with Crippen LogP contribution in [-0.2, 0) is 0 Å². The minimum absolute atomic E-state index is 0.366. The third-order valence-corrected chi connectivity index (χ3v) is 1.29. The third-order valence-electron chi connectivity index (χ3n) is 1.29. The molecule has 0 spiro atoms. The SMILES string of the molecule is CCC(N)(O)C(C)O. The molecule has 0 rings (SSSR count). The molecular formula is C5H13NO2. The van der Waals surface area contributed by atoms with E-state index in [0.29, 0.717) is 6.42 Å². The van der Waals surface area contributed by atoms with Crippen LogP contribution in [0.5, 0.6) is 0 Å². The lowest BCUT2D eigenvalue weighted by molar-refractivity contribution is -0.0637. The second kappa shape index (κ2) is 2.44. The second-order valence-corrected chi connectivity index (χ2v) is 2.02. The summed E-state index contributed by atoms with van der Waals surface area (Å²) in [5.41, 5.74) is 3.76. The average Bonchev–Trinajstić information content (AvgIpc) is 1.67. The predicted octanol–water partition coefficient (Wildman–Crippen LogP) is -0.576. The highest BCUT2D eigenvalue weighted by atomic mass is 16.4. The number of hydrogen-bond acceptors (Lipinski definition) is 3. The Morgan fingerprint density at radius 1 is 1.75 bits per heavy atom. The van der Waals surface area contributed by atoms with Gasteiger partial charge in [-0.3, -0.25) is 0 Å². The molecule has 0 aromatic heterocycles. The van der Waals surface area contributed by atoms with Gasteiger partial charge in [0.1, 0.15) is 5.72 Å². The Labute approximate surface area is 49.1 Å². The van der Waals surface area contributed by atoms with Crippen molar-refractivity contribution >= 4 is 0 Å². The molecule has 0 bridgehead atoms. The van der Waals surface area contributed by atoms with E-state index in [-0.39, 0.29) is 0 Å². The van der Waals surface area contributed by atoms with Crippen molar-refractivity contribution < 1.29 is 10.2 Å². The highest BCUT2D eigenvalue weighted by Gasteiger charge is 2.23. The summed E-state index contributed by atoms with van der Waals surface area (Å²) < 4.78 is 0. The molecule has 0 fully saturated rings. The Hall–Kier alpha value is -0.120. The fourth-order valence-electron chi connectivity index (χ4n) is 0.295. The molecule has 0 aliphatic heterocycles. The maximum absolute atomic E-state index is 8.93. The summed E-state index contributed by atoms with van der Waals surface area (Å²) in [5.74, 6) is 0. The van der Waals surface area contributed by atoms with Crippen molar-refractivity contribution in [3.05, 3.63) is 0 Å². The van der Waals surface area contributed by atoms with E-state index in [0.717, 1.165) is 0 Å². The van der Waals surface area contributed by atoms with Crippen LogP contribution in [0.15, 0.2) is 0 Å². The summed E-state index contributed by atoms with van der Waals surface area (Å²) in [6.45, 7) is 3.18. The molecule has 4 N–H and O–H groups in total. The van der Waals surface area contributed by atoms with Gasteiger partial charge in [-0.1, -0.05) is 6.92 Å². The molecule has 0 saturated heterocycles.